The summed E-state index contributed by atoms with van der Waals surface area (Å²) in [4.78, 5) is 10.6. The second-order valence-corrected chi connectivity index (χ2v) is 9.81. The van der Waals surface area contributed by atoms with Gasteiger partial charge in [-0.05, 0) is 74.8 Å². The predicted molar refractivity (Wildman–Crippen MR) is 122 cm³/mol. The average Bonchev–Trinajstić information content (AvgIpc) is 3.22. The van der Waals surface area contributed by atoms with Crippen LogP contribution in [0.1, 0.15) is 73.5 Å². The number of halogens is 3. The SMILES string of the molecule is C=C(O)C1CCC(n2nc(C(F)F)cc2C2=NC(C3(c4ccc(Cl)cc4C)CC3)NO2)CC1. The van der Waals surface area contributed by atoms with E-state index in [0.717, 1.165) is 31.2 Å². The summed E-state index contributed by atoms with van der Waals surface area (Å²) in [5.74, 6) is 0.509. The highest BCUT2D eigenvalue weighted by Gasteiger charge is 2.54. The molecule has 1 unspecified atom stereocenters. The van der Waals surface area contributed by atoms with Crippen molar-refractivity contribution >= 4 is 17.5 Å². The van der Waals surface area contributed by atoms with Gasteiger partial charge in [0.25, 0.3) is 12.3 Å². The van der Waals surface area contributed by atoms with Crippen LogP contribution in [0.3, 0.4) is 0 Å². The Hall–Kier alpha value is -2.45. The van der Waals surface area contributed by atoms with Crippen LogP contribution in [0.15, 0.2) is 41.6 Å². The van der Waals surface area contributed by atoms with Crippen LogP contribution in [0.4, 0.5) is 8.78 Å². The largest absolute Gasteiger partial charge is 0.513 e. The lowest BCUT2D eigenvalue weighted by molar-refractivity contribution is 0.143. The molecule has 2 N–H and O–H groups in total. The lowest BCUT2D eigenvalue weighted by Crippen LogP contribution is -2.34. The number of aliphatic hydroxyl groups is 1. The molecule has 0 saturated heterocycles. The van der Waals surface area contributed by atoms with E-state index in [0.29, 0.717) is 23.6 Å². The maximum absolute atomic E-state index is 13.5. The van der Waals surface area contributed by atoms with E-state index in [-0.39, 0.29) is 40.9 Å². The summed E-state index contributed by atoms with van der Waals surface area (Å²) in [5, 5.41) is 14.6. The minimum atomic E-state index is -2.68. The minimum Gasteiger partial charge on any atom is -0.513 e. The lowest BCUT2D eigenvalue weighted by atomic mass is 9.85. The van der Waals surface area contributed by atoms with Crippen LogP contribution in [0.2, 0.25) is 5.02 Å². The van der Waals surface area contributed by atoms with Gasteiger partial charge in [0.15, 0.2) is 0 Å². The van der Waals surface area contributed by atoms with Gasteiger partial charge in [-0.3, -0.25) is 4.68 Å². The molecule has 1 aromatic heterocycles. The molecule has 2 aliphatic carbocycles. The van der Waals surface area contributed by atoms with Crippen molar-refractivity contribution in [3.63, 3.8) is 0 Å². The number of aryl methyl sites for hydroxylation is 1. The maximum Gasteiger partial charge on any atom is 0.282 e. The zero-order chi connectivity index (χ0) is 23.3. The maximum atomic E-state index is 13.5. The van der Waals surface area contributed by atoms with Gasteiger partial charge in [-0.2, -0.15) is 5.10 Å². The van der Waals surface area contributed by atoms with Crippen LogP contribution in [0, 0.1) is 12.8 Å². The summed E-state index contributed by atoms with van der Waals surface area (Å²) in [6.45, 7) is 5.67. The molecule has 1 aliphatic heterocycles. The standard InChI is InChI=1S/C24H27ClF2N4O2/c1-13-11-16(25)5-8-18(13)24(9-10-24)23-28-22(33-30-23)20-12-19(21(26)27)29-31(20)17-6-3-15(4-7-17)14(2)32/h5,8,11-12,15,17,21,23,30,32H,2-4,6-7,9-10H2,1H3. The topological polar surface area (TPSA) is 71.7 Å². The van der Waals surface area contributed by atoms with Gasteiger partial charge in [0.2, 0.25) is 0 Å². The smallest absolute Gasteiger partial charge is 0.282 e. The fourth-order valence-corrected chi connectivity index (χ4v) is 5.49. The Bertz CT molecular complexity index is 1100. The zero-order valence-corrected chi connectivity index (χ0v) is 19.2. The number of benzene rings is 1. The molecule has 1 atom stereocenters. The molecule has 5 rings (SSSR count). The molecule has 0 spiro atoms. The van der Waals surface area contributed by atoms with E-state index in [1.165, 1.54) is 11.6 Å². The molecule has 2 saturated carbocycles. The number of aliphatic imine (C=N–C) groups is 1. The van der Waals surface area contributed by atoms with Gasteiger partial charge in [0, 0.05) is 16.4 Å². The van der Waals surface area contributed by atoms with E-state index in [2.05, 4.69) is 17.2 Å². The molecule has 176 valence electrons. The first-order chi connectivity index (χ1) is 15.8. The van der Waals surface area contributed by atoms with Crippen LogP contribution in [-0.2, 0) is 10.3 Å². The molecule has 2 aromatic rings. The quantitative estimate of drug-likeness (QED) is 0.507. The highest BCUT2D eigenvalue weighted by molar-refractivity contribution is 6.30. The summed E-state index contributed by atoms with van der Waals surface area (Å²) in [7, 11) is 0. The Labute approximate surface area is 196 Å². The van der Waals surface area contributed by atoms with Crippen molar-refractivity contribution in [2.45, 2.75) is 69.5 Å². The van der Waals surface area contributed by atoms with Gasteiger partial charge in [-0.15, -0.1) is 5.48 Å². The van der Waals surface area contributed by atoms with Crippen molar-refractivity contribution < 1.29 is 18.7 Å². The zero-order valence-electron chi connectivity index (χ0n) is 18.4. The van der Waals surface area contributed by atoms with Crippen LogP contribution >= 0.6 is 11.6 Å². The number of aromatic nitrogens is 2. The van der Waals surface area contributed by atoms with Gasteiger partial charge < -0.3 is 9.94 Å². The van der Waals surface area contributed by atoms with Crippen molar-refractivity contribution in [1.29, 1.82) is 0 Å². The summed E-state index contributed by atoms with van der Waals surface area (Å²) in [6.07, 6.45) is 1.77. The Balaban J connectivity index is 1.44. The van der Waals surface area contributed by atoms with Gasteiger partial charge in [0.1, 0.15) is 17.6 Å². The molecular weight excluding hydrogens is 450 g/mol. The highest BCUT2D eigenvalue weighted by Crippen LogP contribution is 2.53. The van der Waals surface area contributed by atoms with E-state index in [9.17, 15) is 13.9 Å². The molecule has 2 fully saturated rings. The van der Waals surface area contributed by atoms with Gasteiger partial charge >= 0.3 is 0 Å². The number of nitrogens with zero attached hydrogens (tertiary/aromatic N) is 3. The molecule has 1 aromatic carbocycles. The van der Waals surface area contributed by atoms with Gasteiger partial charge in [-0.1, -0.05) is 24.2 Å². The van der Waals surface area contributed by atoms with Crippen molar-refractivity contribution in [2.24, 2.45) is 10.9 Å². The van der Waals surface area contributed by atoms with Crippen molar-refractivity contribution in [2.75, 3.05) is 0 Å². The first-order valence-corrected chi connectivity index (χ1v) is 11.7. The molecule has 33 heavy (non-hydrogen) atoms. The third kappa shape index (κ3) is 4.04. The molecule has 0 bridgehead atoms. The molecule has 0 amide bonds. The summed E-state index contributed by atoms with van der Waals surface area (Å²) >= 11 is 6.14. The molecule has 6 nitrogen and oxygen atoms in total. The average molecular weight is 477 g/mol. The number of nitrogens with one attached hydrogen (secondary N) is 1. The number of rotatable bonds is 6. The Morgan fingerprint density at radius 2 is 2.00 bits per heavy atom. The summed E-state index contributed by atoms with van der Waals surface area (Å²) < 4.78 is 28.7. The first kappa shape index (κ1) is 22.3. The van der Waals surface area contributed by atoms with Crippen molar-refractivity contribution in [1.82, 2.24) is 15.3 Å². The predicted octanol–water partition coefficient (Wildman–Crippen LogP) is 5.92. The number of aliphatic hydroxyl groups excluding tert-OH is 1. The number of alkyl halides is 2. The van der Waals surface area contributed by atoms with E-state index in [1.807, 2.05) is 25.1 Å². The monoisotopic (exact) mass is 476 g/mol. The van der Waals surface area contributed by atoms with E-state index >= 15 is 0 Å². The fraction of sp³-hybridized carbons (Fsp3) is 0.500. The van der Waals surface area contributed by atoms with E-state index in [1.54, 1.807) is 4.68 Å². The first-order valence-electron chi connectivity index (χ1n) is 11.3. The molecular formula is C24H27ClF2N4O2. The Kier molecular flexibility index (Phi) is 5.69. The van der Waals surface area contributed by atoms with E-state index < -0.39 is 6.43 Å². The minimum absolute atomic E-state index is 0.0401. The fourth-order valence-electron chi connectivity index (χ4n) is 5.26. The van der Waals surface area contributed by atoms with Crippen LogP contribution < -0.4 is 5.48 Å². The van der Waals surface area contributed by atoms with Crippen LogP contribution in [-0.4, -0.2) is 27.0 Å². The Morgan fingerprint density at radius 1 is 1.27 bits per heavy atom. The number of allylic oxidation sites excluding steroid dienone is 1. The Morgan fingerprint density at radius 3 is 2.61 bits per heavy atom. The van der Waals surface area contributed by atoms with Gasteiger partial charge in [-0.25, -0.2) is 13.8 Å². The molecule has 9 heteroatoms. The third-order valence-corrected chi connectivity index (χ3v) is 7.50. The van der Waals surface area contributed by atoms with Crippen molar-refractivity contribution in [3.05, 3.63) is 64.1 Å². The molecule has 0 radical (unpaired) electrons. The normalized spacial score (nSPS) is 26.2. The van der Waals surface area contributed by atoms with Crippen LogP contribution in [0.25, 0.3) is 0 Å². The second-order valence-electron chi connectivity index (χ2n) is 9.37. The second kappa shape index (κ2) is 8.40. The van der Waals surface area contributed by atoms with E-state index in [4.69, 9.17) is 21.4 Å². The summed E-state index contributed by atoms with van der Waals surface area (Å²) in [6, 6.07) is 7.16. The van der Waals surface area contributed by atoms with Crippen molar-refractivity contribution in [3.8, 4) is 0 Å². The third-order valence-electron chi connectivity index (χ3n) is 7.26. The number of hydrogen-bond donors (Lipinski definition) is 2. The molecule has 2 heterocycles. The van der Waals surface area contributed by atoms with Crippen LogP contribution in [0.5, 0.6) is 0 Å². The lowest BCUT2D eigenvalue weighted by Gasteiger charge is -2.28. The number of hydroxylamine groups is 1. The number of hydrogen-bond acceptors (Lipinski definition) is 5. The molecule has 3 aliphatic rings. The van der Waals surface area contributed by atoms with Gasteiger partial charge in [0.05, 0.1) is 11.8 Å². The highest BCUT2D eigenvalue weighted by atomic mass is 35.5. The summed E-state index contributed by atoms with van der Waals surface area (Å²) in [5.41, 5.74) is 5.26.